The van der Waals surface area contributed by atoms with E-state index in [1.807, 2.05) is 6.07 Å². The van der Waals surface area contributed by atoms with E-state index in [0.717, 1.165) is 3.79 Å². The second kappa shape index (κ2) is 9.40. The van der Waals surface area contributed by atoms with Crippen LogP contribution < -0.4 is 21.1 Å². The molecule has 0 atom stereocenters. The first-order chi connectivity index (χ1) is 14.6. The Bertz CT molecular complexity index is 1090. The Morgan fingerprint density at radius 1 is 0.968 bits per heavy atom. The smallest absolute Gasteiger partial charge is 0.412 e. The number of nitrogens with two attached hydrogens (primary N) is 1. The van der Waals surface area contributed by atoms with Crippen LogP contribution in [-0.4, -0.2) is 17.6 Å². The number of hydrogen-bond donors (Lipinski definition) is 3. The second-order valence-corrected chi connectivity index (χ2v) is 10.0. The predicted molar refractivity (Wildman–Crippen MR) is 127 cm³/mol. The first-order valence-corrected chi connectivity index (χ1v) is 10.9. The van der Waals surface area contributed by atoms with Gasteiger partial charge in [0.2, 0.25) is 0 Å². The highest BCUT2D eigenvalue weighted by molar-refractivity contribution is 9.11. The Morgan fingerprint density at radius 3 is 2.23 bits per heavy atom. The van der Waals surface area contributed by atoms with E-state index in [2.05, 4.69) is 26.6 Å². The zero-order valence-corrected chi connectivity index (χ0v) is 19.6. The van der Waals surface area contributed by atoms with Crippen LogP contribution in [0.2, 0.25) is 0 Å². The Morgan fingerprint density at radius 2 is 1.65 bits per heavy atom. The Hall–Kier alpha value is -3.04. The van der Waals surface area contributed by atoms with Crippen LogP contribution in [0.25, 0.3) is 0 Å². The number of anilines is 3. The highest BCUT2D eigenvalue weighted by Gasteiger charge is 2.16. The standard InChI is InChI=1S/C22H22BrN3O4S/c1-22(2,3)30-21(28)26-13-4-7-15(8-5-13)29-17-9-6-14(12-16(17)24)25-20(27)18-10-11-19(23)31-18/h4-12H,24H2,1-3H3,(H,25,27)(H,26,28). The molecular weight excluding hydrogens is 482 g/mol. The number of nitrogen functional groups attached to an aromatic ring is 1. The van der Waals surface area contributed by atoms with Gasteiger partial charge in [-0.25, -0.2) is 4.79 Å². The van der Waals surface area contributed by atoms with E-state index in [0.29, 0.717) is 33.4 Å². The molecule has 0 bridgehead atoms. The van der Waals surface area contributed by atoms with Crippen LogP contribution in [0, 0.1) is 0 Å². The maximum absolute atomic E-state index is 12.3. The number of carbonyl (C=O) groups excluding carboxylic acids is 2. The van der Waals surface area contributed by atoms with Crippen molar-refractivity contribution in [3.63, 3.8) is 0 Å². The molecule has 162 valence electrons. The van der Waals surface area contributed by atoms with Crippen molar-refractivity contribution in [2.75, 3.05) is 16.4 Å². The third kappa shape index (κ3) is 6.73. The lowest BCUT2D eigenvalue weighted by molar-refractivity contribution is 0.0635. The van der Waals surface area contributed by atoms with E-state index in [9.17, 15) is 9.59 Å². The highest BCUT2D eigenvalue weighted by atomic mass is 79.9. The Kier molecular flexibility index (Phi) is 6.87. The van der Waals surface area contributed by atoms with E-state index in [4.69, 9.17) is 15.2 Å². The summed E-state index contributed by atoms with van der Waals surface area (Å²) in [5, 5.41) is 5.47. The maximum Gasteiger partial charge on any atom is 0.412 e. The lowest BCUT2D eigenvalue weighted by Crippen LogP contribution is -2.27. The topological polar surface area (TPSA) is 103 Å². The second-order valence-electron chi connectivity index (χ2n) is 7.56. The van der Waals surface area contributed by atoms with Gasteiger partial charge in [-0.15, -0.1) is 11.3 Å². The van der Waals surface area contributed by atoms with Crippen molar-refractivity contribution in [2.45, 2.75) is 26.4 Å². The van der Waals surface area contributed by atoms with Crippen molar-refractivity contribution in [3.05, 3.63) is 63.3 Å². The number of amides is 2. The molecule has 3 rings (SSSR count). The molecule has 0 radical (unpaired) electrons. The number of ether oxygens (including phenoxy) is 2. The van der Waals surface area contributed by atoms with Crippen molar-refractivity contribution in [1.82, 2.24) is 0 Å². The predicted octanol–water partition coefficient (Wildman–Crippen LogP) is 6.48. The molecule has 0 spiro atoms. The van der Waals surface area contributed by atoms with Gasteiger partial charge in [-0.05, 0) is 91.3 Å². The molecule has 9 heteroatoms. The van der Waals surface area contributed by atoms with Gasteiger partial charge < -0.3 is 20.5 Å². The minimum Gasteiger partial charge on any atom is -0.455 e. The molecule has 2 amide bonds. The van der Waals surface area contributed by atoms with E-state index >= 15 is 0 Å². The molecule has 2 aromatic carbocycles. The number of hydrogen-bond acceptors (Lipinski definition) is 6. The molecule has 1 aromatic heterocycles. The van der Waals surface area contributed by atoms with Crippen LogP contribution in [0.15, 0.2) is 58.4 Å². The summed E-state index contributed by atoms with van der Waals surface area (Å²) in [5.41, 5.74) is 7.03. The van der Waals surface area contributed by atoms with Crippen LogP contribution in [-0.2, 0) is 4.74 Å². The molecule has 3 aromatic rings. The summed E-state index contributed by atoms with van der Waals surface area (Å²) in [4.78, 5) is 24.7. The van der Waals surface area contributed by atoms with Crippen LogP contribution in [0.1, 0.15) is 30.4 Å². The summed E-state index contributed by atoms with van der Waals surface area (Å²) < 4.78 is 11.9. The lowest BCUT2D eigenvalue weighted by Gasteiger charge is -2.19. The normalized spacial score (nSPS) is 11.0. The quantitative estimate of drug-likeness (QED) is 0.345. The highest BCUT2D eigenvalue weighted by Crippen LogP contribution is 2.31. The molecule has 0 aliphatic carbocycles. The maximum atomic E-state index is 12.3. The van der Waals surface area contributed by atoms with Gasteiger partial charge in [0, 0.05) is 11.4 Å². The zero-order chi connectivity index (χ0) is 22.6. The van der Waals surface area contributed by atoms with Crippen LogP contribution >= 0.6 is 27.3 Å². The van der Waals surface area contributed by atoms with Gasteiger partial charge in [-0.1, -0.05) is 0 Å². The zero-order valence-electron chi connectivity index (χ0n) is 17.2. The fraction of sp³-hybridized carbons (Fsp3) is 0.182. The molecule has 0 aliphatic rings. The summed E-state index contributed by atoms with van der Waals surface area (Å²) in [7, 11) is 0. The Labute approximate surface area is 192 Å². The van der Waals surface area contributed by atoms with Crippen LogP contribution in [0.5, 0.6) is 11.5 Å². The molecule has 0 saturated heterocycles. The molecule has 4 N–H and O–H groups in total. The van der Waals surface area contributed by atoms with Gasteiger partial charge in [-0.3, -0.25) is 10.1 Å². The summed E-state index contributed by atoms with van der Waals surface area (Å²) in [6.45, 7) is 5.39. The average molecular weight is 504 g/mol. The minimum atomic E-state index is -0.573. The third-order valence-electron chi connectivity index (χ3n) is 3.79. The first-order valence-electron chi connectivity index (χ1n) is 9.33. The largest absolute Gasteiger partial charge is 0.455 e. The van der Waals surface area contributed by atoms with Crippen molar-refractivity contribution in [2.24, 2.45) is 0 Å². The molecular formula is C22H22BrN3O4S. The average Bonchev–Trinajstić information content (AvgIpc) is 3.10. The van der Waals surface area contributed by atoms with E-state index < -0.39 is 11.7 Å². The minimum absolute atomic E-state index is 0.211. The molecule has 0 aliphatic heterocycles. The molecule has 7 nitrogen and oxygen atoms in total. The van der Waals surface area contributed by atoms with E-state index in [1.54, 1.807) is 69.3 Å². The van der Waals surface area contributed by atoms with Gasteiger partial charge in [-0.2, -0.15) is 0 Å². The van der Waals surface area contributed by atoms with Gasteiger partial charge in [0.1, 0.15) is 17.1 Å². The summed E-state index contributed by atoms with van der Waals surface area (Å²) in [6, 6.07) is 15.4. The van der Waals surface area contributed by atoms with Gasteiger partial charge in [0.25, 0.3) is 5.91 Å². The van der Waals surface area contributed by atoms with E-state index in [1.165, 1.54) is 11.3 Å². The number of rotatable bonds is 5. The number of nitrogens with one attached hydrogen (secondary N) is 2. The van der Waals surface area contributed by atoms with Crippen molar-refractivity contribution in [3.8, 4) is 11.5 Å². The molecule has 0 unspecified atom stereocenters. The molecule has 0 fully saturated rings. The Balaban J connectivity index is 1.61. The summed E-state index contributed by atoms with van der Waals surface area (Å²) >= 11 is 4.69. The van der Waals surface area contributed by atoms with Crippen molar-refractivity contribution in [1.29, 1.82) is 0 Å². The number of thiophene rings is 1. The fourth-order valence-corrected chi connectivity index (χ4v) is 3.78. The van der Waals surface area contributed by atoms with Crippen molar-refractivity contribution >= 4 is 56.3 Å². The van der Waals surface area contributed by atoms with Gasteiger partial charge in [0.05, 0.1) is 14.4 Å². The van der Waals surface area contributed by atoms with Crippen LogP contribution in [0.4, 0.5) is 21.9 Å². The van der Waals surface area contributed by atoms with Gasteiger partial charge in [0.15, 0.2) is 0 Å². The fourth-order valence-electron chi connectivity index (χ4n) is 2.50. The third-order valence-corrected chi connectivity index (χ3v) is 5.41. The first kappa shape index (κ1) is 22.6. The van der Waals surface area contributed by atoms with E-state index in [-0.39, 0.29) is 5.91 Å². The monoisotopic (exact) mass is 503 g/mol. The number of benzene rings is 2. The molecule has 1 heterocycles. The van der Waals surface area contributed by atoms with Gasteiger partial charge >= 0.3 is 6.09 Å². The lowest BCUT2D eigenvalue weighted by atomic mass is 10.2. The number of carbonyl (C=O) groups is 2. The summed E-state index contributed by atoms with van der Waals surface area (Å²) in [6.07, 6.45) is -0.530. The SMILES string of the molecule is CC(C)(C)OC(=O)Nc1ccc(Oc2ccc(NC(=O)c3ccc(Br)s3)cc2N)cc1. The molecule has 31 heavy (non-hydrogen) atoms. The van der Waals surface area contributed by atoms with Crippen LogP contribution in [0.3, 0.4) is 0 Å². The summed E-state index contributed by atoms with van der Waals surface area (Å²) in [5.74, 6) is 0.781. The molecule has 0 saturated carbocycles. The van der Waals surface area contributed by atoms with Crippen molar-refractivity contribution < 1.29 is 19.1 Å². The number of halogens is 1.